The Hall–Kier alpha value is -3.66. The predicted octanol–water partition coefficient (Wildman–Crippen LogP) is 5.07. The minimum Gasteiger partial charge on any atom is -0.315 e. The molecule has 32 heavy (non-hydrogen) atoms. The molecule has 0 fully saturated rings. The normalized spacial score (nSPS) is 11.7. The number of anilines is 1. The molecule has 0 saturated carbocycles. The van der Waals surface area contributed by atoms with Gasteiger partial charge in [-0.1, -0.05) is 38.5 Å². The van der Waals surface area contributed by atoms with E-state index in [4.69, 9.17) is 10.2 Å². The lowest BCUT2D eigenvalue weighted by molar-refractivity contribution is 0.187. The van der Waals surface area contributed by atoms with Crippen molar-refractivity contribution < 1.29 is 4.79 Å². The number of carbonyl (C=O) groups excluding carboxylic acids is 1. The third-order valence-corrected chi connectivity index (χ3v) is 5.44. The molecule has 0 bridgehead atoms. The van der Waals surface area contributed by atoms with Crippen molar-refractivity contribution in [1.82, 2.24) is 14.5 Å². The molecule has 0 aliphatic heterocycles. The summed E-state index contributed by atoms with van der Waals surface area (Å²) in [6.07, 6.45) is 2.52. The van der Waals surface area contributed by atoms with Crippen LogP contribution >= 0.6 is 0 Å². The monoisotopic (exact) mass is 431 g/mol. The molecule has 1 atom stereocenters. The van der Waals surface area contributed by atoms with E-state index in [2.05, 4.69) is 18.3 Å². The van der Waals surface area contributed by atoms with Crippen LogP contribution in [-0.2, 0) is 6.54 Å². The second kappa shape index (κ2) is 10.6. The van der Waals surface area contributed by atoms with Crippen molar-refractivity contribution in [3.63, 3.8) is 0 Å². The first-order chi connectivity index (χ1) is 15.5. The van der Waals surface area contributed by atoms with Gasteiger partial charge in [0.1, 0.15) is 5.82 Å². The van der Waals surface area contributed by atoms with Crippen molar-refractivity contribution in [3.05, 3.63) is 70.3 Å². The van der Waals surface area contributed by atoms with E-state index in [1.165, 1.54) is 0 Å². The quantitative estimate of drug-likeness (QED) is 0.539. The number of unbranched alkanes of at least 4 members (excludes halogenated alkanes) is 1. The zero-order valence-electron chi connectivity index (χ0n) is 18.8. The fourth-order valence-corrected chi connectivity index (χ4v) is 3.74. The first-order valence-corrected chi connectivity index (χ1v) is 11.1. The highest BCUT2D eigenvalue weighted by Gasteiger charge is 2.26. The second-order valence-electron chi connectivity index (χ2n) is 7.79. The van der Waals surface area contributed by atoms with Crippen LogP contribution in [0.2, 0.25) is 0 Å². The fourth-order valence-electron chi connectivity index (χ4n) is 3.74. The number of para-hydroxylation sites is 1. The first-order valence-electron chi connectivity index (χ1n) is 11.1. The number of nitrogens with one attached hydrogen (secondary N) is 1. The number of nitrogens with zero attached hydrogens (tertiary/aromatic N) is 4. The van der Waals surface area contributed by atoms with Crippen LogP contribution in [0.1, 0.15) is 57.5 Å². The summed E-state index contributed by atoms with van der Waals surface area (Å²) in [5.41, 5.74) is 1.57. The van der Waals surface area contributed by atoms with Gasteiger partial charge in [-0.25, -0.2) is 9.78 Å². The van der Waals surface area contributed by atoms with Crippen LogP contribution in [0.15, 0.2) is 53.3 Å². The number of hydrogen-bond acceptors (Lipinski definition) is 4. The number of aromatic nitrogens is 2. The number of benzene rings is 2. The summed E-state index contributed by atoms with van der Waals surface area (Å²) in [5.74, 6) is 0.576. The number of carbonyl (C=O) groups is 1. The van der Waals surface area contributed by atoms with E-state index >= 15 is 0 Å². The number of hydrogen-bond donors (Lipinski definition) is 1. The third-order valence-electron chi connectivity index (χ3n) is 5.44. The lowest BCUT2D eigenvalue weighted by Crippen LogP contribution is -2.40. The topological polar surface area (TPSA) is 91.0 Å². The van der Waals surface area contributed by atoms with E-state index in [9.17, 15) is 9.59 Å². The Kier molecular flexibility index (Phi) is 7.61. The van der Waals surface area contributed by atoms with Crippen molar-refractivity contribution >= 4 is 22.6 Å². The molecule has 2 aromatic carbocycles. The molecule has 3 rings (SSSR count). The van der Waals surface area contributed by atoms with Crippen molar-refractivity contribution in [2.24, 2.45) is 0 Å². The van der Waals surface area contributed by atoms with Gasteiger partial charge in [-0.15, -0.1) is 0 Å². The maximum Gasteiger partial charge on any atom is 0.322 e. The summed E-state index contributed by atoms with van der Waals surface area (Å²) in [4.78, 5) is 33.0. The zero-order valence-corrected chi connectivity index (χ0v) is 18.8. The van der Waals surface area contributed by atoms with Crippen LogP contribution in [0, 0.1) is 11.3 Å². The highest BCUT2D eigenvalue weighted by atomic mass is 16.2. The van der Waals surface area contributed by atoms with Gasteiger partial charge < -0.3 is 10.2 Å². The van der Waals surface area contributed by atoms with E-state index in [1.807, 2.05) is 32.0 Å². The summed E-state index contributed by atoms with van der Waals surface area (Å²) in [5, 5.41) is 12.6. The Balaban J connectivity index is 2.01. The van der Waals surface area contributed by atoms with Gasteiger partial charge in [0.15, 0.2) is 0 Å². The van der Waals surface area contributed by atoms with Crippen LogP contribution in [0.4, 0.5) is 10.5 Å². The third kappa shape index (κ3) is 4.97. The van der Waals surface area contributed by atoms with E-state index in [0.717, 1.165) is 19.3 Å². The van der Waals surface area contributed by atoms with E-state index in [0.29, 0.717) is 41.1 Å². The van der Waals surface area contributed by atoms with Gasteiger partial charge in [-0.2, -0.15) is 5.26 Å². The highest BCUT2D eigenvalue weighted by molar-refractivity contribution is 5.89. The average molecular weight is 432 g/mol. The smallest absolute Gasteiger partial charge is 0.315 e. The van der Waals surface area contributed by atoms with Crippen LogP contribution < -0.4 is 10.9 Å². The molecule has 0 saturated heterocycles. The molecule has 166 valence electrons. The highest BCUT2D eigenvalue weighted by Crippen LogP contribution is 2.22. The number of fused-ring (bicyclic) bond motifs is 1. The number of urea groups is 1. The van der Waals surface area contributed by atoms with Gasteiger partial charge >= 0.3 is 6.03 Å². The summed E-state index contributed by atoms with van der Waals surface area (Å²) in [7, 11) is 0. The molecule has 1 aromatic heterocycles. The van der Waals surface area contributed by atoms with Gasteiger partial charge in [-0.3, -0.25) is 9.36 Å². The summed E-state index contributed by atoms with van der Waals surface area (Å²) in [6.45, 7) is 7.04. The molecule has 2 amide bonds. The standard InChI is InChI=1S/C25H29N5O2/c1-4-6-15-29(25(32)27-20-11-9-10-19(16-20)17-26)18(3)23-28-22-13-8-7-12-21(22)24(31)30(23)14-5-2/h7-13,16,18H,4-6,14-15H2,1-3H3,(H,27,32). The summed E-state index contributed by atoms with van der Waals surface area (Å²) in [6, 6.07) is 15.5. The minimum atomic E-state index is -0.412. The molecule has 1 unspecified atom stereocenters. The molecular formula is C25H29N5O2. The van der Waals surface area contributed by atoms with Crippen molar-refractivity contribution in [2.45, 2.75) is 52.6 Å². The van der Waals surface area contributed by atoms with Gasteiger partial charge in [0.2, 0.25) is 0 Å². The SMILES string of the molecule is CCCCN(C(=O)Nc1cccc(C#N)c1)C(C)c1nc2ccccc2c(=O)n1CCC. The molecule has 1 N–H and O–H groups in total. The minimum absolute atomic E-state index is 0.0862. The molecule has 7 heteroatoms. The second-order valence-corrected chi connectivity index (χ2v) is 7.79. The van der Waals surface area contributed by atoms with Crippen molar-refractivity contribution in [1.29, 1.82) is 5.26 Å². The van der Waals surface area contributed by atoms with Gasteiger partial charge in [0.05, 0.1) is 28.6 Å². The molecule has 1 heterocycles. The first kappa shape index (κ1) is 23.0. The molecule has 0 radical (unpaired) electrons. The maximum atomic E-state index is 13.3. The summed E-state index contributed by atoms with van der Waals surface area (Å²) < 4.78 is 1.69. The Labute approximate surface area is 188 Å². The molecular weight excluding hydrogens is 402 g/mol. The van der Waals surface area contributed by atoms with Crippen molar-refractivity contribution in [2.75, 3.05) is 11.9 Å². The zero-order chi connectivity index (χ0) is 23.1. The number of nitriles is 1. The molecule has 0 spiro atoms. The lowest BCUT2D eigenvalue weighted by atomic mass is 10.2. The Morgan fingerprint density at radius 3 is 2.69 bits per heavy atom. The van der Waals surface area contributed by atoms with Gasteiger partial charge in [0, 0.05) is 18.8 Å². The molecule has 7 nitrogen and oxygen atoms in total. The Bertz CT molecular complexity index is 1190. The number of rotatable bonds is 8. The predicted molar refractivity (Wildman–Crippen MR) is 126 cm³/mol. The summed E-state index contributed by atoms with van der Waals surface area (Å²) >= 11 is 0. The van der Waals surface area contributed by atoms with Gasteiger partial charge in [-0.05, 0) is 50.1 Å². The van der Waals surface area contributed by atoms with Gasteiger partial charge in [0.25, 0.3) is 5.56 Å². The van der Waals surface area contributed by atoms with Crippen LogP contribution in [0.5, 0.6) is 0 Å². The molecule has 3 aromatic rings. The fraction of sp³-hybridized carbons (Fsp3) is 0.360. The van der Waals surface area contributed by atoms with Crippen molar-refractivity contribution in [3.8, 4) is 6.07 Å². The van der Waals surface area contributed by atoms with E-state index in [1.54, 1.807) is 39.8 Å². The van der Waals surface area contributed by atoms with E-state index < -0.39 is 6.04 Å². The molecule has 0 aliphatic carbocycles. The average Bonchev–Trinajstić information content (AvgIpc) is 2.81. The van der Waals surface area contributed by atoms with E-state index in [-0.39, 0.29) is 11.6 Å². The molecule has 0 aliphatic rings. The Morgan fingerprint density at radius 1 is 1.19 bits per heavy atom. The van der Waals surface area contributed by atoms with Crippen LogP contribution in [-0.4, -0.2) is 27.0 Å². The van der Waals surface area contributed by atoms with Crippen LogP contribution in [0.25, 0.3) is 10.9 Å². The largest absolute Gasteiger partial charge is 0.322 e. The maximum absolute atomic E-state index is 13.3. The number of amides is 2. The lowest BCUT2D eigenvalue weighted by Gasteiger charge is -2.30. The van der Waals surface area contributed by atoms with Crippen LogP contribution in [0.3, 0.4) is 0 Å². The Morgan fingerprint density at radius 2 is 1.97 bits per heavy atom.